The predicted octanol–water partition coefficient (Wildman–Crippen LogP) is 0.948. The van der Waals surface area contributed by atoms with Gasteiger partial charge in [-0.25, -0.2) is 0 Å². The summed E-state index contributed by atoms with van der Waals surface area (Å²) in [6.07, 6.45) is 0.706. The van der Waals surface area contributed by atoms with E-state index in [0.717, 1.165) is 6.42 Å². The smallest absolute Gasteiger partial charge is 0.220 e. The van der Waals surface area contributed by atoms with Crippen LogP contribution in [0.5, 0.6) is 5.75 Å². The number of ether oxygens (including phenoxy) is 1. The molecule has 2 atom stereocenters. The molecule has 2 unspecified atom stereocenters. The number of halogens is 1. The van der Waals surface area contributed by atoms with Gasteiger partial charge in [-0.15, -0.1) is 0 Å². The molecule has 1 aliphatic heterocycles. The van der Waals surface area contributed by atoms with Gasteiger partial charge in [0.1, 0.15) is 18.5 Å². The lowest BCUT2D eigenvalue weighted by Crippen LogP contribution is -2.48. The van der Waals surface area contributed by atoms with Crippen LogP contribution in [0.4, 0.5) is 0 Å². The molecule has 0 bridgehead atoms. The summed E-state index contributed by atoms with van der Waals surface area (Å²) < 4.78 is 5.46. The van der Waals surface area contributed by atoms with E-state index in [4.69, 9.17) is 16.3 Å². The Morgan fingerprint density at radius 2 is 2.30 bits per heavy atom. The first-order chi connectivity index (χ1) is 9.65. The highest BCUT2D eigenvalue weighted by Gasteiger charge is 2.18. The van der Waals surface area contributed by atoms with E-state index < -0.39 is 6.10 Å². The zero-order valence-electron chi connectivity index (χ0n) is 11.1. The molecule has 1 amide bonds. The van der Waals surface area contributed by atoms with Crippen LogP contribution >= 0.6 is 11.6 Å². The molecule has 5 nitrogen and oxygen atoms in total. The number of carbonyl (C=O) groups excluding carboxylic acids is 1. The van der Waals surface area contributed by atoms with Gasteiger partial charge in [0.05, 0.1) is 5.02 Å². The van der Waals surface area contributed by atoms with Gasteiger partial charge in [0.2, 0.25) is 5.91 Å². The Hall–Kier alpha value is -1.30. The lowest BCUT2D eigenvalue weighted by molar-refractivity contribution is -0.122. The lowest BCUT2D eigenvalue weighted by atomic mass is 10.1. The Morgan fingerprint density at radius 3 is 3.00 bits per heavy atom. The van der Waals surface area contributed by atoms with Crippen LogP contribution in [0.2, 0.25) is 5.02 Å². The van der Waals surface area contributed by atoms with Crippen molar-refractivity contribution in [2.75, 3.05) is 19.7 Å². The first kappa shape index (κ1) is 15.1. The summed E-state index contributed by atoms with van der Waals surface area (Å²) >= 11 is 5.96. The van der Waals surface area contributed by atoms with E-state index in [-0.39, 0.29) is 18.6 Å². The number of benzene rings is 1. The molecule has 20 heavy (non-hydrogen) atoms. The number of aliphatic hydroxyl groups excluding tert-OH is 1. The molecule has 110 valence electrons. The third-order valence-electron chi connectivity index (χ3n) is 3.18. The summed E-state index contributed by atoms with van der Waals surface area (Å²) in [7, 11) is 0. The molecule has 1 aliphatic rings. The molecular weight excluding hydrogens is 280 g/mol. The van der Waals surface area contributed by atoms with Gasteiger partial charge >= 0.3 is 0 Å². The third kappa shape index (κ3) is 4.67. The summed E-state index contributed by atoms with van der Waals surface area (Å²) in [6, 6.07) is 7.37. The van der Waals surface area contributed by atoms with Gasteiger partial charge in [-0.1, -0.05) is 23.7 Å². The molecule has 6 heteroatoms. The maximum Gasteiger partial charge on any atom is 0.220 e. The molecule has 1 fully saturated rings. The van der Waals surface area contributed by atoms with E-state index in [0.29, 0.717) is 30.3 Å². The van der Waals surface area contributed by atoms with Crippen molar-refractivity contribution in [1.82, 2.24) is 10.6 Å². The molecular formula is C14H19ClN2O3. The minimum Gasteiger partial charge on any atom is -0.489 e. The molecule has 1 heterocycles. The maximum atomic E-state index is 11.0. The normalized spacial score (nSPS) is 20.3. The highest BCUT2D eigenvalue weighted by Crippen LogP contribution is 2.23. The Labute approximate surface area is 123 Å². The zero-order chi connectivity index (χ0) is 14.4. The summed E-state index contributed by atoms with van der Waals surface area (Å²) in [5, 5.41) is 16.4. The number of piperidine rings is 1. The zero-order valence-corrected chi connectivity index (χ0v) is 11.9. The predicted molar refractivity (Wildman–Crippen MR) is 77.0 cm³/mol. The molecule has 0 aromatic heterocycles. The van der Waals surface area contributed by atoms with E-state index in [2.05, 4.69) is 10.6 Å². The van der Waals surface area contributed by atoms with Crippen molar-refractivity contribution in [3.8, 4) is 5.75 Å². The summed E-state index contributed by atoms with van der Waals surface area (Å²) in [4.78, 5) is 11.0. The van der Waals surface area contributed by atoms with Crippen molar-refractivity contribution in [1.29, 1.82) is 0 Å². The van der Waals surface area contributed by atoms with E-state index in [1.54, 1.807) is 12.1 Å². The van der Waals surface area contributed by atoms with Crippen molar-refractivity contribution in [2.45, 2.75) is 25.0 Å². The molecule has 1 aromatic carbocycles. The average Bonchev–Trinajstić information content (AvgIpc) is 2.46. The van der Waals surface area contributed by atoms with Crippen LogP contribution in [0.3, 0.4) is 0 Å². The minimum atomic E-state index is -0.621. The van der Waals surface area contributed by atoms with E-state index >= 15 is 0 Å². The van der Waals surface area contributed by atoms with Gasteiger partial charge in [0, 0.05) is 25.6 Å². The van der Waals surface area contributed by atoms with Crippen LogP contribution in [0.1, 0.15) is 12.8 Å². The molecule has 0 radical (unpaired) electrons. The SMILES string of the molecule is O=C1CCC(NCC(O)COc2ccccc2Cl)CN1. The Bertz CT molecular complexity index is 446. The number of rotatable bonds is 6. The highest BCUT2D eigenvalue weighted by molar-refractivity contribution is 6.32. The number of hydrogen-bond donors (Lipinski definition) is 3. The van der Waals surface area contributed by atoms with Crippen molar-refractivity contribution in [3.63, 3.8) is 0 Å². The molecule has 0 spiro atoms. The number of hydrogen-bond acceptors (Lipinski definition) is 4. The van der Waals surface area contributed by atoms with Gasteiger partial charge in [-0.05, 0) is 18.6 Å². The standard InChI is InChI=1S/C14H19ClN2O3/c15-12-3-1-2-4-13(12)20-9-11(18)8-16-10-5-6-14(19)17-7-10/h1-4,10-11,16,18H,5-9H2,(H,17,19). The monoisotopic (exact) mass is 298 g/mol. The topological polar surface area (TPSA) is 70.6 Å². The first-order valence-electron chi connectivity index (χ1n) is 6.70. The first-order valence-corrected chi connectivity index (χ1v) is 7.08. The number of aliphatic hydroxyl groups is 1. The Morgan fingerprint density at radius 1 is 1.50 bits per heavy atom. The molecule has 0 aliphatic carbocycles. The third-order valence-corrected chi connectivity index (χ3v) is 3.49. The second-order valence-electron chi connectivity index (χ2n) is 4.84. The van der Waals surface area contributed by atoms with Crippen LogP contribution in [0.25, 0.3) is 0 Å². The molecule has 3 N–H and O–H groups in total. The number of carbonyl (C=O) groups is 1. The van der Waals surface area contributed by atoms with Gasteiger partial charge in [0.25, 0.3) is 0 Å². The average molecular weight is 299 g/mol. The van der Waals surface area contributed by atoms with Crippen molar-refractivity contribution in [2.24, 2.45) is 0 Å². The van der Waals surface area contributed by atoms with Gasteiger partial charge in [-0.3, -0.25) is 4.79 Å². The molecule has 1 saturated heterocycles. The largest absolute Gasteiger partial charge is 0.489 e. The van der Waals surface area contributed by atoms with Crippen molar-refractivity contribution >= 4 is 17.5 Å². The lowest BCUT2D eigenvalue weighted by Gasteiger charge is -2.24. The summed E-state index contributed by atoms with van der Waals surface area (Å²) in [6.45, 7) is 1.21. The summed E-state index contributed by atoms with van der Waals surface area (Å²) in [5.74, 6) is 0.656. The molecule has 0 saturated carbocycles. The summed E-state index contributed by atoms with van der Waals surface area (Å²) in [5.41, 5.74) is 0. The quantitative estimate of drug-likeness (QED) is 0.731. The van der Waals surface area contributed by atoms with E-state index in [1.807, 2.05) is 12.1 Å². The number of para-hydroxylation sites is 1. The number of amides is 1. The highest BCUT2D eigenvalue weighted by atomic mass is 35.5. The van der Waals surface area contributed by atoms with E-state index in [9.17, 15) is 9.90 Å². The Balaban J connectivity index is 1.67. The molecule has 2 rings (SSSR count). The van der Waals surface area contributed by atoms with Crippen molar-refractivity contribution in [3.05, 3.63) is 29.3 Å². The van der Waals surface area contributed by atoms with Gasteiger partial charge in [0.15, 0.2) is 0 Å². The van der Waals surface area contributed by atoms with E-state index in [1.165, 1.54) is 0 Å². The van der Waals surface area contributed by atoms with Crippen LogP contribution in [-0.4, -0.2) is 42.9 Å². The fourth-order valence-electron chi connectivity index (χ4n) is 2.02. The van der Waals surface area contributed by atoms with Crippen LogP contribution < -0.4 is 15.4 Å². The van der Waals surface area contributed by atoms with Crippen LogP contribution in [0.15, 0.2) is 24.3 Å². The number of nitrogens with one attached hydrogen (secondary N) is 2. The second-order valence-corrected chi connectivity index (χ2v) is 5.25. The molecule has 1 aromatic rings. The fourth-order valence-corrected chi connectivity index (χ4v) is 2.21. The van der Waals surface area contributed by atoms with Crippen molar-refractivity contribution < 1.29 is 14.6 Å². The fraction of sp³-hybridized carbons (Fsp3) is 0.500. The van der Waals surface area contributed by atoms with Crippen LogP contribution in [-0.2, 0) is 4.79 Å². The van der Waals surface area contributed by atoms with Gasteiger partial charge < -0.3 is 20.5 Å². The minimum absolute atomic E-state index is 0.0886. The Kier molecular flexibility index (Phi) is 5.64. The second kappa shape index (κ2) is 7.47. The van der Waals surface area contributed by atoms with Crippen LogP contribution in [0, 0.1) is 0 Å². The van der Waals surface area contributed by atoms with Gasteiger partial charge in [-0.2, -0.15) is 0 Å². The maximum absolute atomic E-state index is 11.0.